The highest BCUT2D eigenvalue weighted by atomic mass is 19.1. The molecule has 0 aromatic heterocycles. The molecule has 110 valence electrons. The average Bonchev–Trinajstić information content (AvgIpc) is 2.80. The average molecular weight is 284 g/mol. The number of anilines is 1. The Morgan fingerprint density at radius 2 is 2.05 bits per heavy atom. The zero-order chi connectivity index (χ0) is 14.9. The quantitative estimate of drug-likeness (QED) is 0.882. The fraction of sp³-hybridized carbons (Fsp3) is 0.500. The molecule has 1 aromatic carbocycles. The SMILES string of the molecule is CNC(=O)C1(C)CCN(c2c(F)cc(CO)cc2F)C1. The lowest BCUT2D eigenvalue weighted by Crippen LogP contribution is -2.39. The molecule has 1 unspecified atom stereocenters. The molecule has 20 heavy (non-hydrogen) atoms. The summed E-state index contributed by atoms with van der Waals surface area (Å²) in [5, 5.41) is 11.5. The number of carbonyl (C=O) groups is 1. The molecule has 1 aliphatic rings. The van der Waals surface area contributed by atoms with Crippen LogP contribution in [-0.2, 0) is 11.4 Å². The predicted molar refractivity (Wildman–Crippen MR) is 71.3 cm³/mol. The molecular weight excluding hydrogens is 266 g/mol. The molecule has 1 amide bonds. The second kappa shape index (κ2) is 5.36. The maximum Gasteiger partial charge on any atom is 0.227 e. The number of aliphatic hydroxyl groups is 1. The molecule has 0 radical (unpaired) electrons. The first-order valence-electron chi connectivity index (χ1n) is 6.47. The van der Waals surface area contributed by atoms with Gasteiger partial charge in [0.2, 0.25) is 5.91 Å². The van der Waals surface area contributed by atoms with E-state index in [4.69, 9.17) is 5.11 Å². The van der Waals surface area contributed by atoms with E-state index in [0.717, 1.165) is 12.1 Å². The number of amides is 1. The first-order valence-corrected chi connectivity index (χ1v) is 6.47. The molecule has 2 N–H and O–H groups in total. The Balaban J connectivity index is 2.29. The van der Waals surface area contributed by atoms with E-state index in [-0.39, 0.29) is 23.7 Å². The molecule has 0 spiro atoms. The molecule has 1 heterocycles. The van der Waals surface area contributed by atoms with E-state index in [1.807, 2.05) is 0 Å². The van der Waals surface area contributed by atoms with Crippen molar-refractivity contribution >= 4 is 11.6 Å². The van der Waals surface area contributed by atoms with Gasteiger partial charge in [0.15, 0.2) is 0 Å². The van der Waals surface area contributed by atoms with Crippen molar-refractivity contribution < 1.29 is 18.7 Å². The summed E-state index contributed by atoms with van der Waals surface area (Å²) in [7, 11) is 1.55. The fourth-order valence-electron chi connectivity index (χ4n) is 2.65. The Bertz CT molecular complexity index is 513. The van der Waals surface area contributed by atoms with Gasteiger partial charge in [-0.3, -0.25) is 4.79 Å². The summed E-state index contributed by atoms with van der Waals surface area (Å²) >= 11 is 0. The van der Waals surface area contributed by atoms with E-state index in [1.165, 1.54) is 0 Å². The monoisotopic (exact) mass is 284 g/mol. The Kier molecular flexibility index (Phi) is 3.94. The van der Waals surface area contributed by atoms with Gasteiger partial charge in [0, 0.05) is 20.1 Å². The van der Waals surface area contributed by atoms with E-state index >= 15 is 0 Å². The van der Waals surface area contributed by atoms with Crippen LogP contribution in [-0.4, -0.2) is 31.2 Å². The van der Waals surface area contributed by atoms with Crippen molar-refractivity contribution in [1.29, 1.82) is 0 Å². The van der Waals surface area contributed by atoms with Gasteiger partial charge < -0.3 is 15.3 Å². The van der Waals surface area contributed by atoms with Gasteiger partial charge in [-0.1, -0.05) is 0 Å². The molecule has 4 nitrogen and oxygen atoms in total. The highest BCUT2D eigenvalue weighted by Crippen LogP contribution is 2.36. The first-order chi connectivity index (χ1) is 9.41. The first kappa shape index (κ1) is 14.7. The molecule has 0 aliphatic carbocycles. The summed E-state index contributed by atoms with van der Waals surface area (Å²) in [6.45, 7) is 2.04. The minimum Gasteiger partial charge on any atom is -0.392 e. The second-order valence-electron chi connectivity index (χ2n) is 5.38. The largest absolute Gasteiger partial charge is 0.392 e. The van der Waals surface area contributed by atoms with Crippen LogP contribution >= 0.6 is 0 Å². The lowest BCUT2D eigenvalue weighted by Gasteiger charge is -2.24. The number of rotatable bonds is 3. The number of carbonyl (C=O) groups excluding carboxylic acids is 1. The summed E-state index contributed by atoms with van der Waals surface area (Å²) in [6, 6.07) is 2.24. The summed E-state index contributed by atoms with van der Waals surface area (Å²) in [6.07, 6.45) is 0.535. The standard InChI is InChI=1S/C14H18F2N2O2/c1-14(13(20)17-2)3-4-18(8-14)12-10(15)5-9(7-19)6-11(12)16/h5-6,19H,3-4,7-8H2,1-2H3,(H,17,20). The third-order valence-corrected chi connectivity index (χ3v) is 3.82. The third-order valence-electron chi connectivity index (χ3n) is 3.82. The van der Waals surface area contributed by atoms with Crippen LogP contribution in [0.5, 0.6) is 0 Å². The van der Waals surface area contributed by atoms with Crippen molar-refractivity contribution in [3.63, 3.8) is 0 Å². The summed E-state index contributed by atoms with van der Waals surface area (Å²) in [5.74, 6) is -1.56. The molecule has 1 aliphatic heterocycles. The van der Waals surface area contributed by atoms with Gasteiger partial charge >= 0.3 is 0 Å². The second-order valence-corrected chi connectivity index (χ2v) is 5.38. The number of nitrogens with zero attached hydrogens (tertiary/aromatic N) is 1. The molecular formula is C14H18F2N2O2. The zero-order valence-electron chi connectivity index (χ0n) is 11.5. The normalized spacial score (nSPS) is 22.1. The Labute approximate surface area is 116 Å². The molecule has 1 atom stereocenters. The van der Waals surface area contributed by atoms with E-state index in [9.17, 15) is 13.6 Å². The molecule has 1 fully saturated rings. The van der Waals surface area contributed by atoms with Crippen LogP contribution in [0.25, 0.3) is 0 Å². The van der Waals surface area contributed by atoms with Gasteiger partial charge in [-0.25, -0.2) is 8.78 Å². The van der Waals surface area contributed by atoms with E-state index < -0.39 is 23.7 Å². The van der Waals surface area contributed by atoms with Crippen molar-refractivity contribution in [2.75, 3.05) is 25.0 Å². The Morgan fingerprint density at radius 3 is 2.55 bits per heavy atom. The van der Waals surface area contributed by atoms with Crippen LogP contribution in [0.4, 0.5) is 14.5 Å². The summed E-state index contributed by atoms with van der Waals surface area (Å²) in [4.78, 5) is 13.4. The molecule has 2 rings (SSSR count). The molecule has 1 aromatic rings. The van der Waals surface area contributed by atoms with Gasteiger partial charge in [0.25, 0.3) is 0 Å². The van der Waals surface area contributed by atoms with E-state index in [0.29, 0.717) is 13.0 Å². The predicted octanol–water partition coefficient (Wildman–Crippen LogP) is 1.42. The van der Waals surface area contributed by atoms with Crippen molar-refractivity contribution in [3.8, 4) is 0 Å². The van der Waals surface area contributed by atoms with Crippen LogP contribution in [0.1, 0.15) is 18.9 Å². The molecule has 0 saturated carbocycles. The van der Waals surface area contributed by atoms with Crippen LogP contribution < -0.4 is 10.2 Å². The van der Waals surface area contributed by atoms with Gasteiger partial charge in [-0.15, -0.1) is 0 Å². The lowest BCUT2D eigenvalue weighted by molar-refractivity contribution is -0.128. The summed E-state index contributed by atoms with van der Waals surface area (Å²) < 4.78 is 28.0. The van der Waals surface area contributed by atoms with Crippen molar-refractivity contribution in [2.45, 2.75) is 20.0 Å². The van der Waals surface area contributed by atoms with E-state index in [2.05, 4.69) is 5.32 Å². The smallest absolute Gasteiger partial charge is 0.227 e. The van der Waals surface area contributed by atoms with Crippen LogP contribution in [0.3, 0.4) is 0 Å². The number of hydrogen-bond donors (Lipinski definition) is 2. The Hall–Kier alpha value is -1.69. The minimum atomic E-state index is -0.713. The number of halogens is 2. The summed E-state index contributed by atoms with van der Waals surface area (Å²) in [5.41, 5.74) is -0.588. The van der Waals surface area contributed by atoms with Crippen molar-refractivity contribution in [2.24, 2.45) is 5.41 Å². The van der Waals surface area contributed by atoms with Crippen LogP contribution in [0.15, 0.2) is 12.1 Å². The number of aliphatic hydroxyl groups excluding tert-OH is 1. The van der Waals surface area contributed by atoms with Gasteiger partial charge in [0.05, 0.1) is 12.0 Å². The van der Waals surface area contributed by atoms with Gasteiger partial charge in [-0.2, -0.15) is 0 Å². The molecule has 6 heteroatoms. The minimum absolute atomic E-state index is 0.130. The highest BCUT2D eigenvalue weighted by molar-refractivity contribution is 5.83. The van der Waals surface area contributed by atoms with Crippen LogP contribution in [0, 0.1) is 17.0 Å². The number of benzene rings is 1. The van der Waals surface area contributed by atoms with Crippen LogP contribution in [0.2, 0.25) is 0 Å². The maximum absolute atomic E-state index is 14.0. The van der Waals surface area contributed by atoms with Gasteiger partial charge in [-0.05, 0) is 31.0 Å². The third kappa shape index (κ3) is 2.47. The Morgan fingerprint density at radius 1 is 1.45 bits per heavy atom. The number of hydrogen-bond acceptors (Lipinski definition) is 3. The highest BCUT2D eigenvalue weighted by Gasteiger charge is 2.41. The zero-order valence-corrected chi connectivity index (χ0v) is 11.5. The van der Waals surface area contributed by atoms with Crippen molar-refractivity contribution in [1.82, 2.24) is 5.32 Å². The maximum atomic E-state index is 14.0. The number of nitrogens with one attached hydrogen (secondary N) is 1. The molecule has 0 bridgehead atoms. The topological polar surface area (TPSA) is 52.6 Å². The lowest BCUT2D eigenvalue weighted by atomic mass is 9.89. The van der Waals surface area contributed by atoms with Gasteiger partial charge in [0.1, 0.15) is 17.3 Å². The van der Waals surface area contributed by atoms with Crippen molar-refractivity contribution in [3.05, 3.63) is 29.3 Å². The van der Waals surface area contributed by atoms with E-state index in [1.54, 1.807) is 18.9 Å². The fourth-order valence-corrected chi connectivity index (χ4v) is 2.65. The molecule has 1 saturated heterocycles.